The summed E-state index contributed by atoms with van der Waals surface area (Å²) in [6, 6.07) is 13.4. The maximum absolute atomic E-state index is 12.3. The van der Waals surface area contributed by atoms with E-state index in [0.717, 1.165) is 5.56 Å². The third kappa shape index (κ3) is 6.35. The van der Waals surface area contributed by atoms with E-state index in [1.165, 1.54) is 13.2 Å². The summed E-state index contributed by atoms with van der Waals surface area (Å²) in [4.78, 5) is 24.0. The number of ether oxygens (including phenoxy) is 2. The second-order valence-electron chi connectivity index (χ2n) is 8.07. The molecule has 176 valence electrons. The number of methoxy groups -OCH3 is 1. The predicted molar refractivity (Wildman–Crippen MR) is 124 cm³/mol. The number of aliphatic hydroxyl groups is 1. The summed E-state index contributed by atoms with van der Waals surface area (Å²) in [5.74, 6) is -1.30. The lowest BCUT2D eigenvalue weighted by molar-refractivity contribution is -0.141. The van der Waals surface area contributed by atoms with Gasteiger partial charge in [-0.15, -0.1) is 0 Å². The van der Waals surface area contributed by atoms with Gasteiger partial charge in [-0.3, -0.25) is 4.79 Å². The third-order valence-corrected chi connectivity index (χ3v) is 6.09. The highest BCUT2D eigenvalue weighted by Crippen LogP contribution is 2.38. The van der Waals surface area contributed by atoms with Crippen molar-refractivity contribution in [3.8, 4) is 5.75 Å². The SMILES string of the molecule is COc1ccc(C[C@@H](NC(=O)/C=C/C[C@@H]2O[C@@H](c3ccccc3)[C@H](O)[C@H]2C)C(=O)O)cc1Cl. The Balaban J connectivity index is 1.55. The second kappa shape index (κ2) is 11.3. The fourth-order valence-corrected chi connectivity index (χ4v) is 4.16. The van der Waals surface area contributed by atoms with E-state index >= 15 is 0 Å². The van der Waals surface area contributed by atoms with Crippen LogP contribution in [-0.2, 0) is 20.7 Å². The molecule has 2 aromatic rings. The number of halogens is 1. The molecule has 1 amide bonds. The number of carbonyl (C=O) groups excluding carboxylic acids is 1. The Morgan fingerprint density at radius 3 is 2.61 bits per heavy atom. The van der Waals surface area contributed by atoms with Crippen molar-refractivity contribution in [2.45, 2.75) is 44.1 Å². The van der Waals surface area contributed by atoms with Gasteiger partial charge in [0.25, 0.3) is 0 Å². The van der Waals surface area contributed by atoms with Gasteiger partial charge in [0.15, 0.2) is 0 Å². The normalized spacial score (nSPS) is 23.4. The average Bonchev–Trinajstić information content (AvgIpc) is 3.08. The molecule has 0 aromatic heterocycles. The minimum Gasteiger partial charge on any atom is -0.495 e. The fourth-order valence-electron chi connectivity index (χ4n) is 3.88. The first kappa shape index (κ1) is 24.8. The molecule has 1 aliphatic heterocycles. The van der Waals surface area contributed by atoms with Crippen LogP contribution in [0.5, 0.6) is 5.75 Å². The number of benzene rings is 2. The number of amides is 1. The summed E-state index contributed by atoms with van der Waals surface area (Å²) in [6.07, 6.45) is 2.11. The van der Waals surface area contributed by atoms with Crippen molar-refractivity contribution >= 4 is 23.5 Å². The van der Waals surface area contributed by atoms with Crippen LogP contribution in [0.3, 0.4) is 0 Å². The molecule has 0 aliphatic carbocycles. The van der Waals surface area contributed by atoms with Crippen LogP contribution in [0.1, 0.15) is 30.6 Å². The van der Waals surface area contributed by atoms with E-state index < -0.39 is 30.1 Å². The van der Waals surface area contributed by atoms with Crippen LogP contribution in [0.15, 0.2) is 60.7 Å². The Labute approximate surface area is 198 Å². The number of aliphatic carboxylic acids is 1. The molecule has 0 unspecified atom stereocenters. The van der Waals surface area contributed by atoms with E-state index in [9.17, 15) is 19.8 Å². The summed E-state index contributed by atoms with van der Waals surface area (Å²) < 4.78 is 11.1. The van der Waals surface area contributed by atoms with Crippen molar-refractivity contribution in [2.75, 3.05) is 7.11 Å². The quantitative estimate of drug-likeness (QED) is 0.481. The molecule has 5 atom stereocenters. The van der Waals surface area contributed by atoms with E-state index in [-0.39, 0.29) is 18.4 Å². The van der Waals surface area contributed by atoms with Gasteiger partial charge >= 0.3 is 5.97 Å². The highest BCUT2D eigenvalue weighted by molar-refractivity contribution is 6.32. The van der Waals surface area contributed by atoms with Gasteiger partial charge in [-0.25, -0.2) is 4.79 Å². The number of carboxylic acids is 1. The molecule has 0 saturated carbocycles. The minimum absolute atomic E-state index is 0.0757. The van der Waals surface area contributed by atoms with E-state index in [2.05, 4.69) is 5.32 Å². The van der Waals surface area contributed by atoms with Crippen molar-refractivity contribution in [3.63, 3.8) is 0 Å². The van der Waals surface area contributed by atoms with Gasteiger partial charge < -0.3 is 25.0 Å². The van der Waals surface area contributed by atoms with Crippen LogP contribution in [0.4, 0.5) is 0 Å². The Morgan fingerprint density at radius 1 is 1.24 bits per heavy atom. The highest BCUT2D eigenvalue weighted by atomic mass is 35.5. The van der Waals surface area contributed by atoms with Gasteiger partial charge in [0.2, 0.25) is 5.91 Å². The first-order valence-corrected chi connectivity index (χ1v) is 11.1. The van der Waals surface area contributed by atoms with E-state index in [4.69, 9.17) is 21.1 Å². The summed E-state index contributed by atoms with van der Waals surface area (Å²) >= 11 is 6.10. The zero-order valence-corrected chi connectivity index (χ0v) is 19.2. The molecular weight excluding hydrogens is 446 g/mol. The zero-order valence-electron chi connectivity index (χ0n) is 18.5. The Morgan fingerprint density at radius 2 is 1.97 bits per heavy atom. The minimum atomic E-state index is -1.15. The van der Waals surface area contributed by atoms with Gasteiger partial charge in [0, 0.05) is 12.3 Å². The third-order valence-electron chi connectivity index (χ3n) is 5.79. The lowest BCUT2D eigenvalue weighted by atomic mass is 9.94. The number of hydrogen-bond acceptors (Lipinski definition) is 5. The number of nitrogens with one attached hydrogen (secondary N) is 1. The van der Waals surface area contributed by atoms with Gasteiger partial charge in [-0.05, 0) is 35.8 Å². The molecular formula is C25H28ClNO6. The van der Waals surface area contributed by atoms with Crippen LogP contribution >= 0.6 is 11.6 Å². The summed E-state index contributed by atoms with van der Waals surface area (Å²) in [5, 5.41) is 22.9. The smallest absolute Gasteiger partial charge is 0.326 e. The molecule has 1 fully saturated rings. The van der Waals surface area contributed by atoms with Crippen molar-refractivity contribution in [1.82, 2.24) is 5.32 Å². The molecule has 2 aromatic carbocycles. The van der Waals surface area contributed by atoms with Crippen LogP contribution in [0, 0.1) is 5.92 Å². The molecule has 7 nitrogen and oxygen atoms in total. The van der Waals surface area contributed by atoms with Crippen molar-refractivity contribution < 1.29 is 29.3 Å². The maximum Gasteiger partial charge on any atom is 0.326 e. The number of rotatable bonds is 9. The van der Waals surface area contributed by atoms with Gasteiger partial charge in [0.05, 0.1) is 24.3 Å². The summed E-state index contributed by atoms with van der Waals surface area (Å²) in [5.41, 5.74) is 1.57. The Kier molecular flexibility index (Phi) is 8.49. The maximum atomic E-state index is 12.3. The summed E-state index contributed by atoms with van der Waals surface area (Å²) in [7, 11) is 1.49. The van der Waals surface area contributed by atoms with Crippen molar-refractivity contribution in [1.29, 1.82) is 0 Å². The monoisotopic (exact) mass is 473 g/mol. The molecule has 3 rings (SSSR count). The fraction of sp³-hybridized carbons (Fsp3) is 0.360. The topological polar surface area (TPSA) is 105 Å². The number of aliphatic hydroxyl groups excluding tert-OH is 1. The second-order valence-corrected chi connectivity index (χ2v) is 8.47. The van der Waals surface area contributed by atoms with Gasteiger partial charge in [0.1, 0.15) is 17.9 Å². The van der Waals surface area contributed by atoms with Crippen LogP contribution in [0.2, 0.25) is 5.02 Å². The summed E-state index contributed by atoms with van der Waals surface area (Å²) in [6.45, 7) is 1.91. The molecule has 8 heteroatoms. The van der Waals surface area contributed by atoms with E-state index in [1.807, 2.05) is 37.3 Å². The van der Waals surface area contributed by atoms with Crippen molar-refractivity contribution in [3.05, 3.63) is 76.8 Å². The molecule has 1 aliphatic rings. The van der Waals surface area contributed by atoms with Gasteiger partial charge in [-0.1, -0.05) is 61.0 Å². The van der Waals surface area contributed by atoms with E-state index in [0.29, 0.717) is 22.8 Å². The lowest BCUT2D eigenvalue weighted by Crippen LogP contribution is -2.41. The lowest BCUT2D eigenvalue weighted by Gasteiger charge is -2.15. The highest BCUT2D eigenvalue weighted by Gasteiger charge is 2.40. The largest absolute Gasteiger partial charge is 0.495 e. The van der Waals surface area contributed by atoms with Crippen molar-refractivity contribution in [2.24, 2.45) is 5.92 Å². The molecule has 0 radical (unpaired) electrons. The molecule has 1 saturated heterocycles. The molecule has 1 heterocycles. The number of carboxylic acid groups (broad SMARTS) is 1. The number of carbonyl (C=O) groups is 2. The van der Waals surface area contributed by atoms with Crippen LogP contribution < -0.4 is 10.1 Å². The standard InChI is InChI=1S/C25H28ClNO6/c1-15-20(33-24(23(15)29)17-7-4-3-5-8-17)9-6-10-22(28)27-19(25(30)31)14-16-11-12-21(32-2)18(26)13-16/h3-8,10-13,15,19-20,23-24,29H,9,14H2,1-2H3,(H,27,28)(H,30,31)/b10-6+/t15-,19+,20-,23+,24-/m0/s1. The molecule has 33 heavy (non-hydrogen) atoms. The zero-order chi connectivity index (χ0) is 24.0. The van der Waals surface area contributed by atoms with Gasteiger partial charge in [-0.2, -0.15) is 0 Å². The first-order chi connectivity index (χ1) is 15.8. The average molecular weight is 474 g/mol. The van der Waals surface area contributed by atoms with Crippen LogP contribution in [0.25, 0.3) is 0 Å². The first-order valence-electron chi connectivity index (χ1n) is 10.7. The Bertz CT molecular complexity index is 996. The van der Waals surface area contributed by atoms with Crippen LogP contribution in [-0.4, -0.2) is 47.4 Å². The molecule has 3 N–H and O–H groups in total. The predicted octanol–water partition coefficient (Wildman–Crippen LogP) is 3.54. The van der Waals surface area contributed by atoms with E-state index in [1.54, 1.807) is 24.3 Å². The Hall–Kier alpha value is -2.87. The number of hydrogen-bond donors (Lipinski definition) is 3. The molecule has 0 bridgehead atoms. The molecule has 0 spiro atoms.